The Morgan fingerprint density at radius 2 is 1.90 bits per heavy atom. The Kier molecular flexibility index (Phi) is 5.35. The van der Waals surface area contributed by atoms with Gasteiger partial charge in [-0.1, -0.05) is 6.92 Å². The Labute approximate surface area is 174 Å². The molecule has 2 aromatic rings. The van der Waals surface area contributed by atoms with Gasteiger partial charge >= 0.3 is 0 Å². The Balaban J connectivity index is 1.53. The number of rotatable bonds is 4. The molecule has 1 saturated heterocycles. The molecule has 2 aliphatic heterocycles. The Hall–Kier alpha value is -2.76. The molecule has 2 aliphatic rings. The number of nitrogens with zero attached hydrogens (tertiary/aromatic N) is 3. The van der Waals surface area contributed by atoms with E-state index in [1.165, 1.54) is 33.3 Å². The van der Waals surface area contributed by atoms with Gasteiger partial charge in [-0.05, 0) is 30.2 Å². The van der Waals surface area contributed by atoms with Gasteiger partial charge in [0.15, 0.2) is 5.82 Å². The lowest BCUT2D eigenvalue weighted by molar-refractivity contribution is -0.116. The van der Waals surface area contributed by atoms with Crippen molar-refractivity contribution in [2.24, 2.45) is 7.05 Å². The van der Waals surface area contributed by atoms with Gasteiger partial charge in [-0.3, -0.25) is 14.3 Å². The van der Waals surface area contributed by atoms with E-state index in [0.717, 1.165) is 5.56 Å². The van der Waals surface area contributed by atoms with Crippen molar-refractivity contribution >= 4 is 33.5 Å². The van der Waals surface area contributed by atoms with Gasteiger partial charge < -0.3 is 15.4 Å². The van der Waals surface area contributed by atoms with Gasteiger partial charge in [0.25, 0.3) is 5.91 Å². The Morgan fingerprint density at radius 1 is 1.23 bits per heavy atom. The second-order valence-corrected chi connectivity index (χ2v) is 9.32. The maximum Gasteiger partial charge on any atom is 0.256 e. The summed E-state index contributed by atoms with van der Waals surface area (Å²) in [7, 11) is -1.93. The first-order chi connectivity index (χ1) is 14.3. The number of amides is 2. The molecule has 2 N–H and O–H groups in total. The van der Waals surface area contributed by atoms with Crippen LogP contribution in [0.25, 0.3) is 0 Å². The second kappa shape index (κ2) is 7.82. The van der Waals surface area contributed by atoms with Crippen LogP contribution >= 0.6 is 0 Å². The number of fused-ring (bicyclic) bond motifs is 1. The summed E-state index contributed by atoms with van der Waals surface area (Å²) in [6.45, 7) is 3.26. The number of sulfonamides is 1. The number of anilines is 2. The lowest BCUT2D eigenvalue weighted by Crippen LogP contribution is -2.40. The predicted molar refractivity (Wildman–Crippen MR) is 109 cm³/mol. The van der Waals surface area contributed by atoms with Crippen LogP contribution in [0.3, 0.4) is 0 Å². The maximum absolute atomic E-state index is 12.7. The molecule has 0 spiro atoms. The number of benzene rings is 1. The van der Waals surface area contributed by atoms with Crippen molar-refractivity contribution in [2.75, 3.05) is 36.9 Å². The highest BCUT2D eigenvalue weighted by atomic mass is 32.2. The number of carbonyl (C=O) groups excluding carboxylic acids is 2. The molecule has 160 valence electrons. The Bertz CT molecular complexity index is 1090. The monoisotopic (exact) mass is 433 g/mol. The van der Waals surface area contributed by atoms with Gasteiger partial charge in [-0.25, -0.2) is 8.42 Å². The van der Waals surface area contributed by atoms with Crippen LogP contribution in [0.2, 0.25) is 0 Å². The first-order valence-corrected chi connectivity index (χ1v) is 11.1. The third-order valence-corrected chi connectivity index (χ3v) is 7.20. The molecular weight excluding hydrogens is 410 g/mol. The van der Waals surface area contributed by atoms with Crippen LogP contribution in [0, 0.1) is 0 Å². The summed E-state index contributed by atoms with van der Waals surface area (Å²) in [5, 5.41) is 9.87. The van der Waals surface area contributed by atoms with Crippen molar-refractivity contribution in [1.29, 1.82) is 0 Å². The van der Waals surface area contributed by atoms with Crippen molar-refractivity contribution in [1.82, 2.24) is 14.1 Å². The molecule has 0 aliphatic carbocycles. The summed E-state index contributed by atoms with van der Waals surface area (Å²) in [4.78, 5) is 24.6. The number of nitrogens with one attached hydrogen (secondary N) is 2. The Morgan fingerprint density at radius 3 is 2.57 bits per heavy atom. The van der Waals surface area contributed by atoms with E-state index in [0.29, 0.717) is 49.9 Å². The summed E-state index contributed by atoms with van der Waals surface area (Å²) < 4.78 is 33.5. The van der Waals surface area contributed by atoms with Crippen LogP contribution in [-0.2, 0) is 26.6 Å². The third kappa shape index (κ3) is 3.71. The van der Waals surface area contributed by atoms with Crippen LogP contribution in [0.5, 0.6) is 0 Å². The fourth-order valence-corrected chi connectivity index (χ4v) is 5.11. The molecular formula is C19H23N5O5S. The summed E-state index contributed by atoms with van der Waals surface area (Å²) >= 11 is 0. The predicted octanol–water partition coefficient (Wildman–Crippen LogP) is 1.14. The van der Waals surface area contributed by atoms with Crippen molar-refractivity contribution in [3.05, 3.63) is 35.4 Å². The van der Waals surface area contributed by atoms with E-state index in [1.807, 2.05) is 6.92 Å². The first kappa shape index (κ1) is 20.5. The number of hydrogen-bond acceptors (Lipinski definition) is 6. The van der Waals surface area contributed by atoms with Gasteiger partial charge in [-0.15, -0.1) is 0 Å². The van der Waals surface area contributed by atoms with E-state index in [9.17, 15) is 18.0 Å². The zero-order chi connectivity index (χ0) is 21.5. The number of hydrogen-bond donors (Lipinski definition) is 2. The maximum atomic E-state index is 12.7. The molecule has 4 rings (SSSR count). The fraction of sp³-hybridized carbons (Fsp3) is 0.421. The molecule has 1 fully saturated rings. The van der Waals surface area contributed by atoms with E-state index >= 15 is 0 Å². The molecule has 0 bridgehead atoms. The SMILES string of the molecule is CC1CC(=O)Nc2c1c(NC(=O)c1ccc(S(=O)(=O)N3CCOCC3)cc1)nn2C. The van der Waals surface area contributed by atoms with Crippen molar-refractivity contribution in [2.45, 2.75) is 24.2 Å². The zero-order valence-electron chi connectivity index (χ0n) is 16.7. The van der Waals surface area contributed by atoms with Gasteiger partial charge in [0.2, 0.25) is 15.9 Å². The van der Waals surface area contributed by atoms with E-state index in [-0.39, 0.29) is 16.7 Å². The molecule has 0 saturated carbocycles. The van der Waals surface area contributed by atoms with Crippen molar-refractivity contribution in [3.63, 3.8) is 0 Å². The average molecular weight is 433 g/mol. The number of aryl methyl sites for hydroxylation is 1. The fourth-order valence-electron chi connectivity index (χ4n) is 3.70. The first-order valence-electron chi connectivity index (χ1n) is 9.63. The quantitative estimate of drug-likeness (QED) is 0.746. The zero-order valence-corrected chi connectivity index (χ0v) is 17.5. The number of ether oxygens (including phenoxy) is 1. The molecule has 11 heteroatoms. The number of carbonyl (C=O) groups is 2. The van der Waals surface area contributed by atoms with E-state index in [4.69, 9.17) is 4.74 Å². The molecule has 1 aromatic heterocycles. The average Bonchev–Trinajstić information content (AvgIpc) is 3.04. The van der Waals surface area contributed by atoms with Crippen LogP contribution < -0.4 is 10.6 Å². The molecule has 2 amide bonds. The molecule has 1 unspecified atom stereocenters. The third-order valence-electron chi connectivity index (χ3n) is 5.28. The second-order valence-electron chi connectivity index (χ2n) is 7.38. The van der Waals surface area contributed by atoms with E-state index in [1.54, 1.807) is 7.05 Å². The normalized spacial score (nSPS) is 19.8. The minimum atomic E-state index is -3.62. The van der Waals surface area contributed by atoms with Crippen molar-refractivity contribution in [3.8, 4) is 0 Å². The number of morpholine rings is 1. The van der Waals surface area contributed by atoms with Crippen LogP contribution in [-0.4, -0.2) is 60.6 Å². The van der Waals surface area contributed by atoms with Crippen LogP contribution in [0.1, 0.15) is 35.2 Å². The van der Waals surface area contributed by atoms with Gasteiger partial charge in [0.05, 0.1) is 18.1 Å². The van der Waals surface area contributed by atoms with Crippen LogP contribution in [0.15, 0.2) is 29.2 Å². The number of aromatic nitrogens is 2. The van der Waals surface area contributed by atoms with Gasteiger partial charge in [-0.2, -0.15) is 9.40 Å². The molecule has 3 heterocycles. The van der Waals surface area contributed by atoms with Gasteiger partial charge in [0, 0.05) is 37.7 Å². The molecule has 30 heavy (non-hydrogen) atoms. The molecule has 1 atom stereocenters. The molecule has 0 radical (unpaired) electrons. The highest BCUT2D eigenvalue weighted by molar-refractivity contribution is 7.89. The summed E-state index contributed by atoms with van der Waals surface area (Å²) in [6.07, 6.45) is 0.315. The highest BCUT2D eigenvalue weighted by Gasteiger charge is 2.30. The standard InChI is InChI=1S/C19H23N5O5S/c1-12-11-15(25)20-18-16(12)17(22-23(18)2)21-19(26)13-3-5-14(6-4-13)30(27,28)24-7-9-29-10-8-24/h3-6,12H,7-11H2,1-2H3,(H,20,25)(H,21,22,26). The summed E-state index contributed by atoms with van der Waals surface area (Å²) in [5.41, 5.74) is 1.08. The molecule has 10 nitrogen and oxygen atoms in total. The van der Waals surface area contributed by atoms with E-state index in [2.05, 4.69) is 15.7 Å². The summed E-state index contributed by atoms with van der Waals surface area (Å²) in [5.74, 6) is 0.373. The molecule has 1 aromatic carbocycles. The van der Waals surface area contributed by atoms with Crippen LogP contribution in [0.4, 0.5) is 11.6 Å². The van der Waals surface area contributed by atoms with Crippen molar-refractivity contribution < 1.29 is 22.7 Å². The smallest absolute Gasteiger partial charge is 0.256 e. The largest absolute Gasteiger partial charge is 0.379 e. The minimum absolute atomic E-state index is 0.0845. The lowest BCUT2D eigenvalue weighted by atomic mass is 9.95. The van der Waals surface area contributed by atoms with E-state index < -0.39 is 15.9 Å². The lowest BCUT2D eigenvalue weighted by Gasteiger charge is -2.26. The summed E-state index contributed by atoms with van der Waals surface area (Å²) in [6, 6.07) is 5.80. The highest BCUT2D eigenvalue weighted by Crippen LogP contribution is 2.37. The minimum Gasteiger partial charge on any atom is -0.379 e. The van der Waals surface area contributed by atoms with Gasteiger partial charge in [0.1, 0.15) is 5.82 Å². The topological polar surface area (TPSA) is 123 Å².